The lowest BCUT2D eigenvalue weighted by atomic mass is 10.1. The first-order valence-corrected chi connectivity index (χ1v) is 10.7. The zero-order valence-electron chi connectivity index (χ0n) is 15.9. The molecule has 0 unspecified atom stereocenters. The van der Waals surface area contributed by atoms with Gasteiger partial charge < -0.3 is 10.0 Å². The number of aliphatic hydroxyl groups excluding tert-OH is 1. The van der Waals surface area contributed by atoms with Crippen molar-refractivity contribution >= 4 is 15.9 Å². The van der Waals surface area contributed by atoms with Crippen LogP contribution < -0.4 is 0 Å². The summed E-state index contributed by atoms with van der Waals surface area (Å²) in [6.45, 7) is 2.48. The van der Waals surface area contributed by atoms with E-state index in [4.69, 9.17) is 0 Å². The molecule has 0 aromatic heterocycles. The highest BCUT2D eigenvalue weighted by Crippen LogP contribution is 2.32. The molecule has 6 nitrogen and oxygen atoms in total. The molecule has 8 heteroatoms. The summed E-state index contributed by atoms with van der Waals surface area (Å²) in [5, 5.41) is 10.3. The van der Waals surface area contributed by atoms with E-state index in [9.17, 15) is 22.7 Å². The fourth-order valence-electron chi connectivity index (χ4n) is 3.77. The van der Waals surface area contributed by atoms with Crippen molar-refractivity contribution in [3.05, 3.63) is 76.6 Å². The van der Waals surface area contributed by atoms with Crippen molar-refractivity contribution < 1.29 is 22.7 Å². The Kier molecular flexibility index (Phi) is 5.02. The average molecular weight is 416 g/mol. The summed E-state index contributed by atoms with van der Waals surface area (Å²) in [6.07, 6.45) is -1.25. The largest absolute Gasteiger partial charge is 0.378 e. The number of halogens is 1. The molecule has 152 valence electrons. The summed E-state index contributed by atoms with van der Waals surface area (Å²) in [5.74, 6) is -1.19. The first-order chi connectivity index (χ1) is 13.8. The molecular formula is C21H21FN2O4S. The van der Waals surface area contributed by atoms with Crippen LogP contribution >= 0.6 is 0 Å². The van der Waals surface area contributed by atoms with Crippen LogP contribution in [0.5, 0.6) is 0 Å². The van der Waals surface area contributed by atoms with Crippen molar-refractivity contribution in [2.75, 3.05) is 26.2 Å². The lowest BCUT2D eigenvalue weighted by Crippen LogP contribution is -2.38. The van der Waals surface area contributed by atoms with Crippen molar-refractivity contribution in [2.45, 2.75) is 17.9 Å². The number of hydrogen-bond acceptors (Lipinski definition) is 4. The molecule has 0 radical (unpaired) electrons. The van der Waals surface area contributed by atoms with E-state index in [0.717, 1.165) is 17.2 Å². The fraction of sp³-hybridized carbons (Fsp3) is 0.286. The molecule has 2 aliphatic heterocycles. The second-order valence-electron chi connectivity index (χ2n) is 7.42. The standard InChI is InChI=1S/C21H21FN2O4S/c1-14-7-8-18(22)19(9-14)29(27,28)24-12-16-10-23(11-17(16)13-24)21(26)20(25)15-5-3-2-4-6-15/h2-9,20,25H,10-13H2,1H3/t20-/m1/s1. The molecule has 0 saturated carbocycles. The maximum absolute atomic E-state index is 14.1. The van der Waals surface area contributed by atoms with E-state index in [0.29, 0.717) is 11.1 Å². The van der Waals surface area contributed by atoms with Gasteiger partial charge in [0.2, 0.25) is 10.0 Å². The number of aliphatic hydroxyl groups is 1. The smallest absolute Gasteiger partial charge is 0.256 e. The Morgan fingerprint density at radius 1 is 1.03 bits per heavy atom. The first kappa shape index (κ1) is 19.8. The molecule has 1 N–H and O–H groups in total. The lowest BCUT2D eigenvalue weighted by Gasteiger charge is -2.24. The Balaban J connectivity index is 1.45. The van der Waals surface area contributed by atoms with Gasteiger partial charge in [-0.2, -0.15) is 4.31 Å². The van der Waals surface area contributed by atoms with E-state index in [-0.39, 0.29) is 31.1 Å². The minimum atomic E-state index is -3.97. The van der Waals surface area contributed by atoms with Crippen LogP contribution in [0.15, 0.2) is 64.6 Å². The van der Waals surface area contributed by atoms with Gasteiger partial charge in [0.25, 0.3) is 5.91 Å². The van der Waals surface area contributed by atoms with Crippen molar-refractivity contribution in [3.8, 4) is 0 Å². The molecule has 4 rings (SSSR count). The van der Waals surface area contributed by atoms with Gasteiger partial charge in [-0.3, -0.25) is 4.79 Å². The third kappa shape index (κ3) is 3.59. The van der Waals surface area contributed by atoms with Gasteiger partial charge in [0.1, 0.15) is 10.7 Å². The predicted octanol–water partition coefficient (Wildman–Crippen LogP) is 2.01. The topological polar surface area (TPSA) is 77.9 Å². The molecule has 2 heterocycles. The van der Waals surface area contributed by atoms with Gasteiger partial charge in [-0.25, -0.2) is 12.8 Å². The highest BCUT2D eigenvalue weighted by Gasteiger charge is 2.39. The van der Waals surface area contributed by atoms with E-state index in [1.165, 1.54) is 21.3 Å². The molecule has 2 aromatic carbocycles. The maximum atomic E-state index is 14.1. The summed E-state index contributed by atoms with van der Waals surface area (Å²) in [6, 6.07) is 12.7. The molecule has 29 heavy (non-hydrogen) atoms. The molecule has 0 spiro atoms. The molecule has 2 aliphatic rings. The van der Waals surface area contributed by atoms with E-state index < -0.39 is 27.9 Å². The van der Waals surface area contributed by atoms with Crippen LogP contribution in [0, 0.1) is 12.7 Å². The van der Waals surface area contributed by atoms with E-state index in [1.807, 2.05) is 0 Å². The summed E-state index contributed by atoms with van der Waals surface area (Å²) < 4.78 is 41.1. The number of rotatable bonds is 4. The summed E-state index contributed by atoms with van der Waals surface area (Å²) >= 11 is 0. The van der Waals surface area contributed by atoms with Gasteiger partial charge in [-0.1, -0.05) is 36.4 Å². The van der Waals surface area contributed by atoms with Crippen LogP contribution in [-0.4, -0.2) is 54.8 Å². The van der Waals surface area contributed by atoms with Gasteiger partial charge >= 0.3 is 0 Å². The second-order valence-corrected chi connectivity index (χ2v) is 9.33. The molecular weight excluding hydrogens is 395 g/mol. The highest BCUT2D eigenvalue weighted by molar-refractivity contribution is 7.89. The molecule has 1 amide bonds. The van der Waals surface area contributed by atoms with Crippen molar-refractivity contribution in [1.82, 2.24) is 9.21 Å². The van der Waals surface area contributed by atoms with Crippen LogP contribution in [0.2, 0.25) is 0 Å². The molecule has 1 atom stereocenters. The maximum Gasteiger partial charge on any atom is 0.256 e. The van der Waals surface area contributed by atoms with Crippen LogP contribution in [0.3, 0.4) is 0 Å². The minimum Gasteiger partial charge on any atom is -0.378 e. The molecule has 0 aliphatic carbocycles. The third-order valence-electron chi connectivity index (χ3n) is 5.36. The van der Waals surface area contributed by atoms with E-state index in [1.54, 1.807) is 37.3 Å². The van der Waals surface area contributed by atoms with E-state index in [2.05, 4.69) is 0 Å². The third-order valence-corrected chi connectivity index (χ3v) is 7.17. The zero-order valence-corrected chi connectivity index (χ0v) is 16.7. The molecule has 0 fully saturated rings. The Morgan fingerprint density at radius 3 is 2.28 bits per heavy atom. The molecule has 0 bridgehead atoms. The summed E-state index contributed by atoms with van der Waals surface area (Å²) in [4.78, 5) is 13.8. The number of hydrogen-bond donors (Lipinski definition) is 1. The SMILES string of the molecule is Cc1ccc(F)c(S(=O)(=O)N2CC3=C(CN(C(=O)[C@H](O)c4ccccc4)C3)C2)c1. The second kappa shape index (κ2) is 7.37. The van der Waals surface area contributed by atoms with Crippen LogP contribution in [0.25, 0.3) is 0 Å². The Bertz CT molecular complexity index is 1080. The van der Waals surface area contributed by atoms with E-state index >= 15 is 0 Å². The quantitative estimate of drug-likeness (QED) is 0.774. The van der Waals surface area contributed by atoms with Gasteiger partial charge in [-0.05, 0) is 41.3 Å². The number of aryl methyl sites for hydroxylation is 1. The van der Waals surface area contributed by atoms with Crippen LogP contribution in [0.4, 0.5) is 4.39 Å². The average Bonchev–Trinajstić information content (AvgIpc) is 3.29. The summed E-state index contributed by atoms with van der Waals surface area (Å²) in [5.41, 5.74) is 2.84. The van der Waals surface area contributed by atoms with Crippen molar-refractivity contribution in [3.63, 3.8) is 0 Å². The monoisotopic (exact) mass is 416 g/mol. The Hall–Kier alpha value is -2.55. The molecule has 0 saturated heterocycles. The highest BCUT2D eigenvalue weighted by atomic mass is 32.2. The lowest BCUT2D eigenvalue weighted by molar-refractivity contribution is -0.139. The van der Waals surface area contributed by atoms with Crippen molar-refractivity contribution in [2.24, 2.45) is 0 Å². The number of sulfonamides is 1. The van der Waals surface area contributed by atoms with Gasteiger partial charge in [0.15, 0.2) is 6.10 Å². The van der Waals surface area contributed by atoms with Gasteiger partial charge in [0.05, 0.1) is 0 Å². The first-order valence-electron chi connectivity index (χ1n) is 9.25. The normalized spacial score (nSPS) is 18.2. The Morgan fingerprint density at radius 2 is 1.66 bits per heavy atom. The summed E-state index contributed by atoms with van der Waals surface area (Å²) in [7, 11) is -3.97. The number of amides is 1. The van der Waals surface area contributed by atoms with Crippen LogP contribution in [-0.2, 0) is 14.8 Å². The number of nitrogens with zero attached hydrogens (tertiary/aromatic N) is 2. The Labute approximate surface area is 168 Å². The van der Waals surface area contributed by atoms with Crippen LogP contribution in [0.1, 0.15) is 17.2 Å². The fourth-order valence-corrected chi connectivity index (χ4v) is 5.35. The van der Waals surface area contributed by atoms with Gasteiger partial charge in [-0.15, -0.1) is 0 Å². The van der Waals surface area contributed by atoms with Crippen molar-refractivity contribution in [1.29, 1.82) is 0 Å². The number of carbonyl (C=O) groups is 1. The minimum absolute atomic E-state index is 0.121. The predicted molar refractivity (Wildman–Crippen MR) is 105 cm³/mol. The number of benzene rings is 2. The number of carbonyl (C=O) groups excluding carboxylic acids is 1. The molecule has 2 aromatic rings. The zero-order chi connectivity index (χ0) is 20.8. The van der Waals surface area contributed by atoms with Gasteiger partial charge in [0, 0.05) is 26.2 Å².